The monoisotopic (exact) mass is 408 g/mol. The zero-order valence-electron chi connectivity index (χ0n) is 16.1. The summed E-state index contributed by atoms with van der Waals surface area (Å²) in [5.41, 5.74) is -0.372. The van der Waals surface area contributed by atoms with Crippen LogP contribution in [0.1, 0.15) is 23.2 Å². The second-order valence-corrected chi connectivity index (χ2v) is 5.90. The van der Waals surface area contributed by atoms with Crippen LogP contribution in [-0.2, 0) is 14.2 Å². The van der Waals surface area contributed by atoms with Gasteiger partial charge in [0.1, 0.15) is 17.1 Å². The van der Waals surface area contributed by atoms with Crippen molar-refractivity contribution in [3.05, 3.63) is 35.6 Å². The van der Waals surface area contributed by atoms with Gasteiger partial charge in [-0.2, -0.15) is 9.97 Å². The highest BCUT2D eigenvalue weighted by Crippen LogP contribution is 2.28. The molecule has 1 aromatic heterocycles. The molecular formula is C19H21FN2O7. The molecule has 0 N–H and O–H groups in total. The van der Waals surface area contributed by atoms with Gasteiger partial charge in [0.15, 0.2) is 6.29 Å². The smallest absolute Gasteiger partial charge is 0.344 e. The van der Waals surface area contributed by atoms with E-state index in [1.54, 1.807) is 0 Å². The topological polar surface area (TPSA) is 98.2 Å². The van der Waals surface area contributed by atoms with Crippen molar-refractivity contribution in [3.8, 4) is 23.5 Å². The molecule has 1 saturated heterocycles. The second kappa shape index (κ2) is 9.99. The lowest BCUT2D eigenvalue weighted by Gasteiger charge is -2.22. The summed E-state index contributed by atoms with van der Waals surface area (Å²) in [7, 11) is 2.83. The van der Waals surface area contributed by atoms with Gasteiger partial charge >= 0.3 is 12.0 Å². The number of esters is 1. The largest absolute Gasteiger partial charge is 0.481 e. The molecular weight excluding hydrogens is 387 g/mol. The number of halogens is 1. The molecule has 3 rings (SSSR count). The summed E-state index contributed by atoms with van der Waals surface area (Å²) >= 11 is 0. The van der Waals surface area contributed by atoms with Gasteiger partial charge in [0.25, 0.3) is 0 Å². The Morgan fingerprint density at radius 3 is 2.52 bits per heavy atom. The molecule has 156 valence electrons. The Labute approximate surface area is 166 Å². The van der Waals surface area contributed by atoms with Gasteiger partial charge in [0.05, 0.1) is 40.1 Å². The van der Waals surface area contributed by atoms with Crippen LogP contribution in [0.3, 0.4) is 0 Å². The summed E-state index contributed by atoms with van der Waals surface area (Å²) < 4.78 is 45.9. The molecule has 0 aliphatic carbocycles. The lowest BCUT2D eigenvalue weighted by Crippen LogP contribution is -2.26. The highest BCUT2D eigenvalue weighted by atomic mass is 19.1. The average Bonchev–Trinajstić information content (AvgIpc) is 2.74. The molecule has 1 aliphatic heterocycles. The zero-order valence-corrected chi connectivity index (χ0v) is 16.1. The summed E-state index contributed by atoms with van der Waals surface area (Å²) in [5.74, 6) is -1.42. The third-order valence-corrected chi connectivity index (χ3v) is 3.94. The maximum absolute atomic E-state index is 14.4. The molecule has 0 unspecified atom stereocenters. The first kappa shape index (κ1) is 20.7. The first-order valence-electron chi connectivity index (χ1n) is 8.94. The standard InChI is InChI=1S/C19H21FN2O7/c1-24-14-11-15(25-2)22-19(21-14)29-13-6-3-5-12(20)17(13)18(23)28-10-7-16-26-8-4-9-27-16/h3,5-6,11,16H,4,7-10H2,1-2H3. The fraction of sp³-hybridized carbons (Fsp3) is 0.421. The summed E-state index contributed by atoms with van der Waals surface area (Å²) in [6, 6.07) is 5.20. The number of carbonyl (C=O) groups is 1. The van der Waals surface area contributed by atoms with Crippen LogP contribution in [-0.4, -0.2) is 56.3 Å². The van der Waals surface area contributed by atoms with Gasteiger partial charge in [0, 0.05) is 6.42 Å². The van der Waals surface area contributed by atoms with E-state index < -0.39 is 18.1 Å². The van der Waals surface area contributed by atoms with Crippen molar-refractivity contribution in [2.45, 2.75) is 19.1 Å². The quantitative estimate of drug-likeness (QED) is 0.611. The first-order valence-corrected chi connectivity index (χ1v) is 8.94. The minimum atomic E-state index is -0.885. The maximum atomic E-state index is 14.4. The van der Waals surface area contributed by atoms with Crippen LogP contribution in [0, 0.1) is 5.82 Å². The Morgan fingerprint density at radius 1 is 1.17 bits per heavy atom. The SMILES string of the molecule is COc1cc(OC)nc(Oc2cccc(F)c2C(=O)OCCC2OCCCO2)n1. The molecule has 10 heteroatoms. The summed E-state index contributed by atoms with van der Waals surface area (Å²) in [5, 5.41) is 0. The number of nitrogens with zero attached hydrogens (tertiary/aromatic N) is 2. The number of benzene rings is 1. The number of methoxy groups -OCH3 is 2. The Kier molecular flexibility index (Phi) is 7.14. The highest BCUT2D eigenvalue weighted by Gasteiger charge is 2.22. The third-order valence-electron chi connectivity index (χ3n) is 3.94. The molecule has 0 bridgehead atoms. The molecule has 9 nitrogen and oxygen atoms in total. The van der Waals surface area contributed by atoms with E-state index in [1.807, 2.05) is 0 Å². The Bertz CT molecular complexity index is 821. The maximum Gasteiger partial charge on any atom is 0.344 e. The van der Waals surface area contributed by atoms with Crippen molar-refractivity contribution in [2.24, 2.45) is 0 Å². The molecule has 0 spiro atoms. The Morgan fingerprint density at radius 2 is 1.86 bits per heavy atom. The highest BCUT2D eigenvalue weighted by molar-refractivity contribution is 5.92. The van der Waals surface area contributed by atoms with Gasteiger partial charge in [0.2, 0.25) is 11.8 Å². The van der Waals surface area contributed by atoms with Crippen molar-refractivity contribution >= 4 is 5.97 Å². The van der Waals surface area contributed by atoms with Crippen molar-refractivity contribution in [1.29, 1.82) is 0 Å². The second-order valence-electron chi connectivity index (χ2n) is 5.90. The van der Waals surface area contributed by atoms with Gasteiger partial charge in [-0.3, -0.25) is 0 Å². The van der Waals surface area contributed by atoms with Gasteiger partial charge in [-0.25, -0.2) is 9.18 Å². The van der Waals surface area contributed by atoms with Crippen LogP contribution in [0.2, 0.25) is 0 Å². The minimum Gasteiger partial charge on any atom is -0.481 e. The van der Waals surface area contributed by atoms with Crippen LogP contribution >= 0.6 is 0 Å². The summed E-state index contributed by atoms with van der Waals surface area (Å²) in [4.78, 5) is 20.5. The molecule has 0 saturated carbocycles. The number of ether oxygens (including phenoxy) is 6. The van der Waals surface area contributed by atoms with E-state index in [4.69, 9.17) is 28.4 Å². The number of aromatic nitrogens is 2. The van der Waals surface area contributed by atoms with E-state index in [1.165, 1.54) is 32.4 Å². The lowest BCUT2D eigenvalue weighted by molar-refractivity contribution is -0.184. The van der Waals surface area contributed by atoms with E-state index in [0.29, 0.717) is 19.6 Å². The average molecular weight is 408 g/mol. The molecule has 2 aromatic rings. The Balaban J connectivity index is 1.72. The van der Waals surface area contributed by atoms with Gasteiger partial charge < -0.3 is 28.4 Å². The van der Waals surface area contributed by atoms with E-state index in [9.17, 15) is 9.18 Å². The Hall–Kier alpha value is -2.98. The van der Waals surface area contributed by atoms with E-state index in [0.717, 1.165) is 12.5 Å². The van der Waals surface area contributed by atoms with Crippen molar-refractivity contribution in [3.63, 3.8) is 0 Å². The van der Waals surface area contributed by atoms with Gasteiger partial charge in [-0.1, -0.05) is 6.07 Å². The predicted octanol–water partition coefficient (Wildman–Crippen LogP) is 2.74. The van der Waals surface area contributed by atoms with Crippen molar-refractivity contribution in [2.75, 3.05) is 34.0 Å². The summed E-state index contributed by atoms with van der Waals surface area (Å²) in [6.07, 6.45) is 0.723. The van der Waals surface area contributed by atoms with Gasteiger partial charge in [-0.05, 0) is 18.6 Å². The van der Waals surface area contributed by atoms with Crippen LogP contribution in [0.25, 0.3) is 0 Å². The molecule has 29 heavy (non-hydrogen) atoms. The van der Waals surface area contributed by atoms with E-state index in [2.05, 4.69) is 9.97 Å². The number of carbonyl (C=O) groups excluding carboxylic acids is 1. The molecule has 0 atom stereocenters. The summed E-state index contributed by atoms with van der Waals surface area (Å²) in [6.45, 7) is 1.18. The third kappa shape index (κ3) is 5.52. The number of hydrogen-bond acceptors (Lipinski definition) is 9. The van der Waals surface area contributed by atoms with Crippen LogP contribution in [0.15, 0.2) is 24.3 Å². The van der Waals surface area contributed by atoms with E-state index in [-0.39, 0.29) is 35.7 Å². The van der Waals surface area contributed by atoms with Crippen LogP contribution in [0.5, 0.6) is 23.5 Å². The fourth-order valence-corrected chi connectivity index (χ4v) is 2.55. The number of hydrogen-bond donors (Lipinski definition) is 0. The van der Waals surface area contributed by atoms with Gasteiger partial charge in [-0.15, -0.1) is 0 Å². The lowest BCUT2D eigenvalue weighted by atomic mass is 10.2. The molecule has 0 amide bonds. The first-order chi connectivity index (χ1) is 14.1. The predicted molar refractivity (Wildman–Crippen MR) is 96.8 cm³/mol. The molecule has 2 heterocycles. The molecule has 1 fully saturated rings. The molecule has 0 radical (unpaired) electrons. The minimum absolute atomic E-state index is 0.000751. The molecule has 1 aliphatic rings. The van der Waals surface area contributed by atoms with E-state index >= 15 is 0 Å². The fourth-order valence-electron chi connectivity index (χ4n) is 2.55. The normalized spacial score (nSPS) is 14.3. The van der Waals surface area contributed by atoms with Crippen molar-refractivity contribution in [1.82, 2.24) is 9.97 Å². The number of rotatable bonds is 8. The molecule has 1 aromatic carbocycles. The van der Waals surface area contributed by atoms with Crippen LogP contribution in [0.4, 0.5) is 4.39 Å². The zero-order chi connectivity index (χ0) is 20.6. The van der Waals surface area contributed by atoms with Crippen molar-refractivity contribution < 1.29 is 37.6 Å². The van der Waals surface area contributed by atoms with Crippen LogP contribution < -0.4 is 14.2 Å².